The summed E-state index contributed by atoms with van der Waals surface area (Å²) >= 11 is 5.82. The highest BCUT2D eigenvalue weighted by Crippen LogP contribution is 2.21. The molecule has 0 aliphatic carbocycles. The van der Waals surface area contributed by atoms with E-state index in [1.807, 2.05) is 6.92 Å². The molecule has 112 valence electrons. The molecule has 0 aromatic heterocycles. The quantitative estimate of drug-likeness (QED) is 0.879. The van der Waals surface area contributed by atoms with Crippen LogP contribution in [0, 0.1) is 6.92 Å². The van der Waals surface area contributed by atoms with Crippen molar-refractivity contribution in [2.45, 2.75) is 18.4 Å². The number of aryl methyl sites for hydroxylation is 1. The zero-order valence-electron chi connectivity index (χ0n) is 11.9. The van der Waals surface area contributed by atoms with Crippen LogP contribution in [0.4, 0.5) is 5.69 Å². The number of nitrogens with zero attached hydrogens (tertiary/aromatic N) is 1. The predicted octanol–water partition coefficient (Wildman–Crippen LogP) is 3.05. The van der Waals surface area contributed by atoms with E-state index >= 15 is 0 Å². The van der Waals surface area contributed by atoms with Crippen molar-refractivity contribution >= 4 is 27.3 Å². The Morgan fingerprint density at radius 3 is 2.33 bits per heavy atom. The lowest BCUT2D eigenvalue weighted by Gasteiger charge is -2.18. The lowest BCUT2D eigenvalue weighted by Crippen LogP contribution is -2.26. The standard InChI is InChI=1S/C15H17ClN2O2S/c1-11-3-8-14(9-15(11)17)21(19,20)18(2)10-12-4-6-13(16)7-5-12/h3-9H,10,17H2,1-2H3. The Bertz CT molecular complexity index is 743. The van der Waals surface area contributed by atoms with Crippen LogP contribution in [-0.2, 0) is 16.6 Å². The molecular formula is C15H17ClN2O2S. The smallest absolute Gasteiger partial charge is 0.243 e. The fourth-order valence-electron chi connectivity index (χ4n) is 1.89. The van der Waals surface area contributed by atoms with Crippen molar-refractivity contribution in [1.29, 1.82) is 0 Å². The van der Waals surface area contributed by atoms with E-state index in [0.29, 0.717) is 10.7 Å². The molecule has 0 saturated carbocycles. The van der Waals surface area contributed by atoms with E-state index < -0.39 is 10.0 Å². The molecule has 0 aliphatic rings. The van der Waals surface area contributed by atoms with Crippen molar-refractivity contribution in [3.8, 4) is 0 Å². The zero-order chi connectivity index (χ0) is 15.6. The molecule has 0 heterocycles. The largest absolute Gasteiger partial charge is 0.398 e. The molecule has 2 aromatic carbocycles. The normalized spacial score (nSPS) is 11.8. The average Bonchev–Trinajstić information content (AvgIpc) is 2.44. The molecule has 0 aliphatic heterocycles. The number of nitrogens with two attached hydrogens (primary N) is 1. The number of anilines is 1. The maximum absolute atomic E-state index is 12.5. The Hall–Kier alpha value is -1.56. The second kappa shape index (κ2) is 6.05. The first-order chi connectivity index (χ1) is 9.80. The summed E-state index contributed by atoms with van der Waals surface area (Å²) < 4.78 is 26.3. The van der Waals surface area contributed by atoms with Gasteiger partial charge in [0.2, 0.25) is 10.0 Å². The summed E-state index contributed by atoms with van der Waals surface area (Å²) in [5.41, 5.74) is 7.98. The second-order valence-electron chi connectivity index (χ2n) is 4.91. The van der Waals surface area contributed by atoms with Gasteiger partial charge >= 0.3 is 0 Å². The highest BCUT2D eigenvalue weighted by Gasteiger charge is 2.21. The molecule has 2 aromatic rings. The lowest BCUT2D eigenvalue weighted by atomic mass is 10.2. The molecule has 0 fully saturated rings. The van der Waals surface area contributed by atoms with Gasteiger partial charge in [-0.3, -0.25) is 0 Å². The van der Waals surface area contributed by atoms with Gasteiger partial charge < -0.3 is 5.73 Å². The molecule has 21 heavy (non-hydrogen) atoms. The first kappa shape index (κ1) is 15.8. The van der Waals surface area contributed by atoms with Crippen LogP contribution >= 0.6 is 11.6 Å². The third-order valence-corrected chi connectivity index (χ3v) is 5.33. The van der Waals surface area contributed by atoms with Crippen LogP contribution in [0.2, 0.25) is 5.02 Å². The van der Waals surface area contributed by atoms with Crippen LogP contribution < -0.4 is 5.73 Å². The number of rotatable bonds is 4. The molecule has 0 bridgehead atoms. The third-order valence-electron chi connectivity index (χ3n) is 3.28. The van der Waals surface area contributed by atoms with E-state index in [9.17, 15) is 8.42 Å². The minimum Gasteiger partial charge on any atom is -0.398 e. The molecule has 2 rings (SSSR count). The second-order valence-corrected chi connectivity index (χ2v) is 7.39. The topological polar surface area (TPSA) is 63.4 Å². The van der Waals surface area contributed by atoms with Crippen molar-refractivity contribution in [2.24, 2.45) is 0 Å². The van der Waals surface area contributed by atoms with E-state index in [1.54, 1.807) is 43.4 Å². The first-order valence-electron chi connectivity index (χ1n) is 6.37. The van der Waals surface area contributed by atoms with Crippen molar-refractivity contribution in [1.82, 2.24) is 4.31 Å². The van der Waals surface area contributed by atoms with Gasteiger partial charge in [0.25, 0.3) is 0 Å². The lowest BCUT2D eigenvalue weighted by molar-refractivity contribution is 0.467. The van der Waals surface area contributed by atoms with Gasteiger partial charge in [0, 0.05) is 24.3 Å². The molecule has 0 atom stereocenters. The third kappa shape index (κ3) is 3.56. The number of halogens is 1. The minimum absolute atomic E-state index is 0.196. The maximum atomic E-state index is 12.5. The van der Waals surface area contributed by atoms with E-state index in [1.165, 1.54) is 10.4 Å². The van der Waals surface area contributed by atoms with Gasteiger partial charge in [0.15, 0.2) is 0 Å². The van der Waals surface area contributed by atoms with Crippen molar-refractivity contribution < 1.29 is 8.42 Å². The van der Waals surface area contributed by atoms with Crippen LogP contribution in [-0.4, -0.2) is 19.8 Å². The van der Waals surface area contributed by atoms with E-state index in [0.717, 1.165) is 11.1 Å². The highest BCUT2D eigenvalue weighted by molar-refractivity contribution is 7.89. The molecule has 0 radical (unpaired) electrons. The van der Waals surface area contributed by atoms with Crippen molar-refractivity contribution in [3.05, 3.63) is 58.6 Å². The number of nitrogen functional groups attached to an aromatic ring is 1. The fraction of sp³-hybridized carbons (Fsp3) is 0.200. The average molecular weight is 325 g/mol. The number of hydrogen-bond donors (Lipinski definition) is 1. The van der Waals surface area contributed by atoms with E-state index in [-0.39, 0.29) is 11.4 Å². The molecule has 0 saturated heterocycles. The van der Waals surface area contributed by atoms with E-state index in [2.05, 4.69) is 0 Å². The fourth-order valence-corrected chi connectivity index (χ4v) is 3.21. The predicted molar refractivity (Wildman–Crippen MR) is 85.7 cm³/mol. The molecule has 6 heteroatoms. The summed E-state index contributed by atoms with van der Waals surface area (Å²) in [6, 6.07) is 11.8. The maximum Gasteiger partial charge on any atom is 0.243 e. The van der Waals surface area contributed by atoms with Crippen molar-refractivity contribution in [2.75, 3.05) is 12.8 Å². The van der Waals surface area contributed by atoms with Crippen LogP contribution in [0.3, 0.4) is 0 Å². The highest BCUT2D eigenvalue weighted by atomic mass is 35.5. The summed E-state index contributed by atoms with van der Waals surface area (Å²) in [6.45, 7) is 2.11. The van der Waals surface area contributed by atoms with Crippen LogP contribution in [0.1, 0.15) is 11.1 Å². The summed E-state index contributed by atoms with van der Waals surface area (Å²) in [6.07, 6.45) is 0. The Morgan fingerprint density at radius 1 is 1.14 bits per heavy atom. The van der Waals surface area contributed by atoms with Gasteiger partial charge in [-0.2, -0.15) is 4.31 Å². The first-order valence-corrected chi connectivity index (χ1v) is 8.19. The summed E-state index contributed by atoms with van der Waals surface area (Å²) in [5, 5.41) is 0.621. The van der Waals surface area contributed by atoms with Gasteiger partial charge in [0.1, 0.15) is 0 Å². The molecule has 4 nitrogen and oxygen atoms in total. The van der Waals surface area contributed by atoms with Crippen LogP contribution in [0.15, 0.2) is 47.4 Å². The van der Waals surface area contributed by atoms with Gasteiger partial charge in [-0.15, -0.1) is 0 Å². The Morgan fingerprint density at radius 2 is 1.76 bits per heavy atom. The molecular weight excluding hydrogens is 308 g/mol. The molecule has 0 amide bonds. The van der Waals surface area contributed by atoms with Gasteiger partial charge in [-0.1, -0.05) is 29.8 Å². The Balaban J connectivity index is 2.25. The number of sulfonamides is 1. The summed E-state index contributed by atoms with van der Waals surface area (Å²) in [4.78, 5) is 0.196. The minimum atomic E-state index is -3.57. The zero-order valence-corrected chi connectivity index (χ0v) is 13.4. The number of benzene rings is 2. The van der Waals surface area contributed by atoms with Gasteiger partial charge in [-0.25, -0.2) is 8.42 Å². The number of hydrogen-bond acceptors (Lipinski definition) is 3. The van der Waals surface area contributed by atoms with Gasteiger partial charge in [-0.05, 0) is 42.3 Å². The monoisotopic (exact) mass is 324 g/mol. The molecule has 2 N–H and O–H groups in total. The SMILES string of the molecule is Cc1ccc(S(=O)(=O)N(C)Cc2ccc(Cl)cc2)cc1N. The van der Waals surface area contributed by atoms with Crippen LogP contribution in [0.25, 0.3) is 0 Å². The van der Waals surface area contributed by atoms with E-state index in [4.69, 9.17) is 17.3 Å². The van der Waals surface area contributed by atoms with Gasteiger partial charge in [0.05, 0.1) is 4.90 Å². The molecule has 0 spiro atoms. The Labute approximate surface area is 130 Å². The van der Waals surface area contributed by atoms with Crippen molar-refractivity contribution in [3.63, 3.8) is 0 Å². The Kier molecular flexibility index (Phi) is 4.56. The summed E-state index contributed by atoms with van der Waals surface area (Å²) in [7, 11) is -2.02. The summed E-state index contributed by atoms with van der Waals surface area (Å²) in [5.74, 6) is 0. The molecule has 0 unspecified atom stereocenters. The van der Waals surface area contributed by atoms with Crippen LogP contribution in [0.5, 0.6) is 0 Å².